The fraction of sp³-hybridized carbons (Fsp3) is 0.222. The highest BCUT2D eigenvalue weighted by Crippen LogP contribution is 2.28. The first-order valence-corrected chi connectivity index (χ1v) is 4.82. The summed E-state index contributed by atoms with van der Waals surface area (Å²) in [6.07, 6.45) is 2.78. The maximum atomic E-state index is 13.5. The standard InChI is InChI=1S/C9H8Cl2FN3/c1-3-14-7-5(8(10)13-2)4-15-9(11)6(7)12/h3-4H,1-2H3. The van der Waals surface area contributed by atoms with Crippen LogP contribution in [-0.4, -0.2) is 23.4 Å². The predicted molar refractivity (Wildman–Crippen MR) is 61.3 cm³/mol. The van der Waals surface area contributed by atoms with E-state index in [4.69, 9.17) is 23.2 Å². The molecule has 80 valence electrons. The molecule has 15 heavy (non-hydrogen) atoms. The van der Waals surface area contributed by atoms with Crippen molar-refractivity contribution in [2.24, 2.45) is 9.98 Å². The minimum absolute atomic E-state index is 0.0492. The van der Waals surface area contributed by atoms with Crippen molar-refractivity contribution in [1.82, 2.24) is 4.98 Å². The number of hydrogen-bond acceptors (Lipinski definition) is 3. The molecule has 0 N–H and O–H groups in total. The summed E-state index contributed by atoms with van der Waals surface area (Å²) >= 11 is 11.3. The average Bonchev–Trinajstić information content (AvgIpc) is 2.24. The minimum atomic E-state index is -0.700. The maximum absolute atomic E-state index is 13.5. The Morgan fingerprint density at radius 2 is 2.27 bits per heavy atom. The number of aliphatic imine (C=N–C) groups is 2. The molecule has 1 heterocycles. The summed E-state index contributed by atoms with van der Waals surface area (Å²) in [5, 5.41) is -0.0985. The van der Waals surface area contributed by atoms with Crippen LogP contribution in [0.2, 0.25) is 5.15 Å². The zero-order chi connectivity index (χ0) is 11.4. The second-order valence-electron chi connectivity index (χ2n) is 2.53. The topological polar surface area (TPSA) is 37.6 Å². The zero-order valence-corrected chi connectivity index (χ0v) is 9.64. The molecule has 1 aromatic heterocycles. The summed E-state index contributed by atoms with van der Waals surface area (Å²) in [5.74, 6) is -0.700. The number of rotatable bonds is 2. The molecule has 0 fully saturated rings. The van der Waals surface area contributed by atoms with Gasteiger partial charge in [0.1, 0.15) is 10.9 Å². The molecule has 0 aliphatic heterocycles. The highest BCUT2D eigenvalue weighted by Gasteiger charge is 2.15. The van der Waals surface area contributed by atoms with Gasteiger partial charge in [-0.2, -0.15) is 0 Å². The van der Waals surface area contributed by atoms with E-state index in [1.165, 1.54) is 19.5 Å². The van der Waals surface area contributed by atoms with Crippen LogP contribution in [0.3, 0.4) is 0 Å². The van der Waals surface area contributed by atoms with Gasteiger partial charge in [-0.3, -0.25) is 9.98 Å². The quantitative estimate of drug-likeness (QED) is 0.584. The van der Waals surface area contributed by atoms with Gasteiger partial charge in [0.15, 0.2) is 11.0 Å². The van der Waals surface area contributed by atoms with Crippen LogP contribution in [0.1, 0.15) is 12.5 Å². The van der Waals surface area contributed by atoms with E-state index in [2.05, 4.69) is 15.0 Å². The Morgan fingerprint density at radius 3 is 2.80 bits per heavy atom. The molecule has 0 atom stereocenters. The van der Waals surface area contributed by atoms with Crippen LogP contribution < -0.4 is 0 Å². The summed E-state index contributed by atoms with van der Waals surface area (Å²) in [4.78, 5) is 11.2. The highest BCUT2D eigenvalue weighted by molar-refractivity contribution is 6.70. The van der Waals surface area contributed by atoms with Gasteiger partial charge in [-0.1, -0.05) is 23.2 Å². The lowest BCUT2D eigenvalue weighted by molar-refractivity contribution is 0.624. The third-order valence-electron chi connectivity index (χ3n) is 1.63. The number of pyridine rings is 1. The van der Waals surface area contributed by atoms with E-state index in [1.807, 2.05) is 0 Å². The lowest BCUT2D eigenvalue weighted by Gasteiger charge is -2.04. The van der Waals surface area contributed by atoms with Gasteiger partial charge in [-0.25, -0.2) is 9.37 Å². The minimum Gasteiger partial charge on any atom is -0.276 e. The predicted octanol–water partition coefficient (Wildman–Crippen LogP) is 3.21. The smallest absolute Gasteiger partial charge is 0.186 e. The lowest BCUT2D eigenvalue weighted by Crippen LogP contribution is -1.97. The van der Waals surface area contributed by atoms with Gasteiger partial charge in [0.25, 0.3) is 0 Å². The van der Waals surface area contributed by atoms with Crippen LogP contribution in [-0.2, 0) is 0 Å². The van der Waals surface area contributed by atoms with Crippen LogP contribution in [0.15, 0.2) is 16.2 Å². The van der Waals surface area contributed by atoms with Gasteiger partial charge >= 0.3 is 0 Å². The van der Waals surface area contributed by atoms with Crippen molar-refractivity contribution < 1.29 is 4.39 Å². The number of halogens is 3. The van der Waals surface area contributed by atoms with Gasteiger partial charge < -0.3 is 0 Å². The molecule has 0 aromatic carbocycles. The molecule has 0 bridgehead atoms. The van der Waals surface area contributed by atoms with E-state index in [0.717, 1.165) is 0 Å². The Morgan fingerprint density at radius 1 is 1.60 bits per heavy atom. The van der Waals surface area contributed by atoms with E-state index in [0.29, 0.717) is 5.56 Å². The van der Waals surface area contributed by atoms with Crippen LogP contribution in [0.25, 0.3) is 0 Å². The molecule has 6 heteroatoms. The van der Waals surface area contributed by atoms with E-state index in [1.54, 1.807) is 6.92 Å². The SMILES string of the molecule is CC=Nc1c(C(Cl)=NC)cnc(Cl)c1F. The van der Waals surface area contributed by atoms with Crippen LogP contribution in [0.5, 0.6) is 0 Å². The molecule has 1 rings (SSSR count). The highest BCUT2D eigenvalue weighted by atomic mass is 35.5. The van der Waals surface area contributed by atoms with Gasteiger partial charge in [0.05, 0.1) is 5.56 Å². The van der Waals surface area contributed by atoms with Gasteiger partial charge in [0.2, 0.25) is 0 Å². The fourth-order valence-electron chi connectivity index (χ4n) is 0.982. The van der Waals surface area contributed by atoms with Gasteiger partial charge in [-0.15, -0.1) is 0 Å². The van der Waals surface area contributed by atoms with Crippen molar-refractivity contribution in [2.75, 3.05) is 7.05 Å². The summed E-state index contributed by atoms with van der Waals surface area (Å²) in [6, 6.07) is 0. The molecule has 0 spiro atoms. The van der Waals surface area contributed by atoms with E-state index in [9.17, 15) is 4.39 Å². The summed E-state index contributed by atoms with van der Waals surface area (Å²) < 4.78 is 13.5. The third kappa shape index (κ3) is 2.52. The molecule has 3 nitrogen and oxygen atoms in total. The van der Waals surface area contributed by atoms with Crippen molar-refractivity contribution in [3.63, 3.8) is 0 Å². The summed E-state index contributed by atoms with van der Waals surface area (Å²) in [7, 11) is 1.49. The Balaban J connectivity index is 3.46. The molecule has 0 unspecified atom stereocenters. The van der Waals surface area contributed by atoms with E-state index in [-0.39, 0.29) is 16.0 Å². The monoisotopic (exact) mass is 247 g/mol. The first kappa shape index (κ1) is 12.1. The number of nitrogens with zero attached hydrogens (tertiary/aromatic N) is 3. The molecular weight excluding hydrogens is 240 g/mol. The number of hydrogen-bond donors (Lipinski definition) is 0. The zero-order valence-electron chi connectivity index (χ0n) is 8.13. The Labute approximate surface area is 96.7 Å². The fourth-order valence-corrected chi connectivity index (χ4v) is 1.26. The first-order chi connectivity index (χ1) is 7.11. The Kier molecular flexibility index (Phi) is 4.17. The molecule has 0 amide bonds. The second kappa shape index (κ2) is 5.19. The van der Waals surface area contributed by atoms with Crippen LogP contribution in [0, 0.1) is 5.82 Å². The van der Waals surface area contributed by atoms with Crippen LogP contribution >= 0.6 is 23.2 Å². The summed E-state index contributed by atoms with van der Waals surface area (Å²) in [5.41, 5.74) is 0.368. The largest absolute Gasteiger partial charge is 0.276 e. The Hall–Kier alpha value is -1.00. The van der Waals surface area contributed by atoms with Crippen molar-refractivity contribution in [1.29, 1.82) is 0 Å². The van der Waals surface area contributed by atoms with E-state index < -0.39 is 5.82 Å². The van der Waals surface area contributed by atoms with Crippen LogP contribution in [0.4, 0.5) is 10.1 Å². The number of aromatic nitrogens is 1. The second-order valence-corrected chi connectivity index (χ2v) is 3.24. The molecule has 0 saturated heterocycles. The van der Waals surface area contributed by atoms with E-state index >= 15 is 0 Å². The summed E-state index contributed by atoms with van der Waals surface area (Å²) in [6.45, 7) is 1.66. The molecule has 0 saturated carbocycles. The first-order valence-electron chi connectivity index (χ1n) is 4.07. The molecule has 1 aromatic rings. The van der Waals surface area contributed by atoms with Gasteiger partial charge in [0, 0.05) is 19.5 Å². The normalized spacial score (nSPS) is 12.5. The Bertz CT molecular complexity index is 430. The van der Waals surface area contributed by atoms with Crippen molar-refractivity contribution in [3.05, 3.63) is 22.7 Å². The lowest BCUT2D eigenvalue weighted by atomic mass is 10.2. The third-order valence-corrected chi connectivity index (χ3v) is 2.26. The molecule has 0 aliphatic carbocycles. The molecular formula is C9H8Cl2FN3. The van der Waals surface area contributed by atoms with Gasteiger partial charge in [-0.05, 0) is 6.92 Å². The van der Waals surface area contributed by atoms with Crippen molar-refractivity contribution >= 4 is 40.3 Å². The maximum Gasteiger partial charge on any atom is 0.186 e. The van der Waals surface area contributed by atoms with Crippen molar-refractivity contribution in [2.45, 2.75) is 6.92 Å². The average molecular weight is 248 g/mol. The van der Waals surface area contributed by atoms with Crippen molar-refractivity contribution in [3.8, 4) is 0 Å². The molecule has 0 radical (unpaired) electrons. The molecule has 0 aliphatic rings.